The van der Waals surface area contributed by atoms with Crippen molar-refractivity contribution in [3.05, 3.63) is 64.7 Å². The summed E-state index contributed by atoms with van der Waals surface area (Å²) >= 11 is 0. The molecule has 0 spiro atoms. The molecule has 0 heterocycles. The van der Waals surface area contributed by atoms with Gasteiger partial charge in [-0.15, -0.1) is 10.2 Å². The molecule has 0 amide bonds. The number of fused-ring (bicyclic) bond motifs is 2. The van der Waals surface area contributed by atoms with E-state index in [1.54, 1.807) is 0 Å². The molecule has 0 aliphatic rings. The maximum atomic E-state index is 11.7. The third kappa shape index (κ3) is 7.54. The molecule has 0 unspecified atom stereocenters. The standard InChI is InChI=1S/C20H13N3O10S2.Cr.2Na.H2O/c24-15-9-17(35(31,32)33)13-8-11(23(26)27)5-6-12(13)19(15)22-21-14-7-4-10-2-1-3-16(34(28,29)30)18(10)20(14)25;;;;/h1-9,24-25H,(H,28,29,30)(H,31,32,33);;;;1H2/q;;2*+1;/p-2. The van der Waals surface area contributed by atoms with Crippen LogP contribution in [0.2, 0.25) is 0 Å². The average Bonchev–Trinajstić information content (AvgIpc) is 2.77. The number of nitro benzene ring substituents is 1. The maximum absolute atomic E-state index is 11.7. The maximum Gasteiger partial charge on any atom is 1.00 e. The van der Waals surface area contributed by atoms with Gasteiger partial charge in [0.2, 0.25) is 0 Å². The smallest absolute Gasteiger partial charge is 0.744 e. The average molecular weight is 633 g/mol. The summed E-state index contributed by atoms with van der Waals surface area (Å²) in [6, 6.07) is 9.76. The normalized spacial score (nSPS) is 11.2. The molecule has 14 nitrogen and oxygen atoms in total. The summed E-state index contributed by atoms with van der Waals surface area (Å²) in [7, 11) is -10.1. The topological polar surface area (TPSA) is 254 Å². The Morgan fingerprint density at radius 2 is 1.41 bits per heavy atom. The van der Waals surface area contributed by atoms with Crippen molar-refractivity contribution in [1.29, 1.82) is 0 Å². The van der Waals surface area contributed by atoms with E-state index < -0.39 is 63.2 Å². The van der Waals surface area contributed by atoms with E-state index in [-0.39, 0.29) is 104 Å². The number of phenols is 2. The Kier molecular flexibility index (Phi) is 13.2. The Hall–Kier alpha value is -1.69. The minimum atomic E-state index is -5.16. The van der Waals surface area contributed by atoms with Gasteiger partial charge in [0.25, 0.3) is 5.69 Å². The van der Waals surface area contributed by atoms with Crippen LogP contribution in [0, 0.1) is 10.1 Å². The van der Waals surface area contributed by atoms with Gasteiger partial charge < -0.3 is 24.8 Å². The minimum absolute atomic E-state index is 0. The molecule has 4 N–H and O–H groups in total. The SMILES string of the molecule is O.O=[N+]([O-])c1ccc2c(N=Nc3ccc4cccc(S(=O)(=O)[O-])c4c3O)c(O)cc(S(=O)(=O)[O-])c2c1.[Cr].[Na+].[Na+]. The van der Waals surface area contributed by atoms with E-state index in [4.69, 9.17) is 0 Å². The van der Waals surface area contributed by atoms with Gasteiger partial charge >= 0.3 is 59.1 Å². The molecule has 4 aromatic rings. The van der Waals surface area contributed by atoms with Gasteiger partial charge in [0.1, 0.15) is 37.4 Å². The van der Waals surface area contributed by atoms with Gasteiger partial charge in [-0.1, -0.05) is 18.2 Å². The van der Waals surface area contributed by atoms with E-state index in [0.717, 1.165) is 24.3 Å². The van der Waals surface area contributed by atoms with Crippen LogP contribution >= 0.6 is 0 Å². The zero-order valence-electron chi connectivity index (χ0n) is 19.9. The molecule has 0 atom stereocenters. The number of nitro groups is 1. The van der Waals surface area contributed by atoms with E-state index in [9.17, 15) is 46.3 Å². The quantitative estimate of drug-likeness (QED) is 0.0728. The molecule has 0 saturated carbocycles. The Labute approximate surface area is 275 Å². The fraction of sp³-hybridized carbons (Fsp3) is 0. The number of non-ortho nitro benzene ring substituents is 1. The number of aromatic hydroxyl groups is 2. The number of rotatable bonds is 5. The summed E-state index contributed by atoms with van der Waals surface area (Å²) < 4.78 is 69.7. The van der Waals surface area contributed by atoms with Crippen molar-refractivity contribution in [2.24, 2.45) is 10.2 Å². The number of phenolic OH excluding ortho intramolecular Hbond substituents is 2. The molecule has 0 aliphatic carbocycles. The number of azo groups is 1. The van der Waals surface area contributed by atoms with E-state index >= 15 is 0 Å². The number of nitrogens with zero attached hydrogens (tertiary/aromatic N) is 3. The second-order valence-electron chi connectivity index (χ2n) is 7.13. The van der Waals surface area contributed by atoms with Crippen molar-refractivity contribution in [3.8, 4) is 11.5 Å². The number of hydrogen-bond donors (Lipinski definition) is 2. The van der Waals surface area contributed by atoms with Crippen LogP contribution in [0.1, 0.15) is 0 Å². The molecule has 19 heteroatoms. The molecule has 4 aromatic carbocycles. The summed E-state index contributed by atoms with van der Waals surface area (Å²) in [6.07, 6.45) is 0. The van der Waals surface area contributed by atoms with E-state index in [2.05, 4.69) is 10.2 Å². The number of hydrogen-bond acceptors (Lipinski definition) is 12. The molecule has 0 aliphatic heterocycles. The molecule has 39 heavy (non-hydrogen) atoms. The fourth-order valence-corrected chi connectivity index (χ4v) is 4.89. The van der Waals surface area contributed by atoms with Gasteiger partial charge in [0.15, 0.2) is 5.75 Å². The van der Waals surface area contributed by atoms with Crippen molar-refractivity contribution in [3.63, 3.8) is 0 Å². The van der Waals surface area contributed by atoms with Gasteiger partial charge in [-0.05, 0) is 23.6 Å². The van der Waals surface area contributed by atoms with Crippen LogP contribution in [0.5, 0.6) is 11.5 Å². The van der Waals surface area contributed by atoms with Gasteiger partial charge in [-0.25, -0.2) is 16.8 Å². The fourth-order valence-electron chi connectivity index (χ4n) is 3.49. The number of benzene rings is 4. The largest absolute Gasteiger partial charge is 1.00 e. The van der Waals surface area contributed by atoms with Crippen molar-refractivity contribution >= 4 is 58.8 Å². The van der Waals surface area contributed by atoms with Gasteiger partial charge in [0.05, 0.1) is 14.7 Å². The summed E-state index contributed by atoms with van der Waals surface area (Å²) in [5.41, 5.74) is -1.25. The van der Waals surface area contributed by atoms with Crippen LogP contribution in [-0.2, 0) is 37.6 Å². The molecule has 0 saturated heterocycles. The molecular weight excluding hydrogens is 620 g/mol. The molecule has 0 radical (unpaired) electrons. The molecule has 194 valence electrons. The molecule has 0 bridgehead atoms. The summed E-state index contributed by atoms with van der Waals surface area (Å²) in [5, 5.41) is 38.9. The third-order valence-electron chi connectivity index (χ3n) is 5.00. The predicted molar refractivity (Wildman–Crippen MR) is 122 cm³/mol. The first-order valence-electron chi connectivity index (χ1n) is 9.31. The zero-order chi connectivity index (χ0) is 25.7. The second kappa shape index (κ2) is 13.8. The molecule has 4 rings (SSSR count). The summed E-state index contributed by atoms with van der Waals surface area (Å²) in [6.45, 7) is 0. The molecule has 0 fully saturated rings. The van der Waals surface area contributed by atoms with E-state index in [0.29, 0.717) is 6.07 Å². The Bertz CT molecular complexity index is 1820. The van der Waals surface area contributed by atoms with E-state index in [1.807, 2.05) is 0 Å². The second-order valence-corrected chi connectivity index (χ2v) is 9.82. The van der Waals surface area contributed by atoms with Crippen LogP contribution in [0.25, 0.3) is 21.5 Å². The van der Waals surface area contributed by atoms with Gasteiger partial charge in [0, 0.05) is 51.7 Å². The van der Waals surface area contributed by atoms with Crippen molar-refractivity contribution in [1.82, 2.24) is 0 Å². The van der Waals surface area contributed by atoms with Crippen molar-refractivity contribution in [2.75, 3.05) is 0 Å². The first-order valence-corrected chi connectivity index (χ1v) is 12.1. The van der Waals surface area contributed by atoms with Gasteiger partial charge in [-0.2, -0.15) is 0 Å². The van der Waals surface area contributed by atoms with Crippen molar-refractivity contribution in [2.45, 2.75) is 9.79 Å². The Morgan fingerprint density at radius 1 is 0.795 bits per heavy atom. The van der Waals surface area contributed by atoms with E-state index in [1.165, 1.54) is 24.3 Å². The summed E-state index contributed by atoms with van der Waals surface area (Å²) in [5.74, 6) is -1.52. The first kappa shape index (κ1) is 37.3. The van der Waals surface area contributed by atoms with Crippen LogP contribution in [0.3, 0.4) is 0 Å². The van der Waals surface area contributed by atoms with Crippen LogP contribution in [0.15, 0.2) is 74.6 Å². The first-order chi connectivity index (χ1) is 16.3. The monoisotopic (exact) mass is 633 g/mol. The minimum Gasteiger partial charge on any atom is -0.744 e. The van der Waals surface area contributed by atoms with Crippen LogP contribution in [-0.4, -0.2) is 46.6 Å². The van der Waals surface area contributed by atoms with Crippen molar-refractivity contribution < 1.29 is 123 Å². The van der Waals surface area contributed by atoms with Crippen LogP contribution < -0.4 is 59.1 Å². The molecular formula is C20H13CrN3Na2O11S2. The van der Waals surface area contributed by atoms with Crippen LogP contribution in [0.4, 0.5) is 17.1 Å². The Morgan fingerprint density at radius 3 is 1.97 bits per heavy atom. The predicted octanol–water partition coefficient (Wildman–Crippen LogP) is -3.28. The Balaban J connectivity index is 0.00000361. The third-order valence-corrected chi connectivity index (χ3v) is 6.76. The summed E-state index contributed by atoms with van der Waals surface area (Å²) in [4.78, 5) is 8.67. The molecule has 0 aromatic heterocycles. The van der Waals surface area contributed by atoms with Gasteiger partial charge in [-0.3, -0.25) is 10.1 Å². The zero-order valence-corrected chi connectivity index (χ0v) is 26.8.